The van der Waals surface area contributed by atoms with Gasteiger partial charge in [-0.15, -0.1) is 0 Å². The van der Waals surface area contributed by atoms with E-state index in [2.05, 4.69) is 20.8 Å². The second-order valence-electron chi connectivity index (χ2n) is 9.44. The Morgan fingerprint density at radius 2 is 0.844 bits per heavy atom. The van der Waals surface area contributed by atoms with Gasteiger partial charge in [0.05, 0.1) is 6.61 Å². The summed E-state index contributed by atoms with van der Waals surface area (Å²) < 4.78 is 5.23. The van der Waals surface area contributed by atoms with Crippen LogP contribution in [0.15, 0.2) is 0 Å². The van der Waals surface area contributed by atoms with E-state index in [0.717, 1.165) is 38.5 Å². The monoisotopic (exact) mass is 453 g/mol. The molecular weight excluding hydrogens is 398 g/mol. The average Bonchev–Trinajstić information content (AvgIpc) is 2.80. The largest absolute Gasteiger partial charge is 0.459 e. The summed E-state index contributed by atoms with van der Waals surface area (Å²) >= 11 is 0. The topological polar surface area (TPSA) is 46.6 Å². The van der Waals surface area contributed by atoms with Gasteiger partial charge in [0.2, 0.25) is 0 Å². The zero-order chi connectivity index (χ0) is 23.7. The van der Waals surface area contributed by atoms with Crippen LogP contribution in [0, 0.1) is 0 Å². The summed E-state index contributed by atoms with van der Waals surface area (Å²) in [7, 11) is 0. The molecular formula is C28H55NO3. The molecule has 4 heteroatoms. The van der Waals surface area contributed by atoms with Crippen LogP contribution in [0.1, 0.15) is 149 Å². The van der Waals surface area contributed by atoms with Crippen LogP contribution in [0.25, 0.3) is 0 Å². The summed E-state index contributed by atoms with van der Waals surface area (Å²) in [5.41, 5.74) is 0. The van der Waals surface area contributed by atoms with Gasteiger partial charge in [0.25, 0.3) is 0 Å². The number of carbonyl (C=O) groups excluding carboxylic acids is 2. The van der Waals surface area contributed by atoms with Crippen LogP contribution >= 0.6 is 0 Å². The van der Waals surface area contributed by atoms with Gasteiger partial charge in [-0.1, -0.05) is 130 Å². The van der Waals surface area contributed by atoms with E-state index >= 15 is 0 Å². The van der Waals surface area contributed by atoms with E-state index in [-0.39, 0.29) is 0 Å². The second-order valence-corrected chi connectivity index (χ2v) is 9.44. The maximum Gasteiger partial charge on any atom is 0.397 e. The number of esters is 1. The average molecular weight is 454 g/mol. The molecule has 0 atom stereocenters. The highest BCUT2D eigenvalue weighted by Gasteiger charge is 2.22. The first-order valence-electron chi connectivity index (χ1n) is 14.1. The molecule has 4 nitrogen and oxygen atoms in total. The summed E-state index contributed by atoms with van der Waals surface area (Å²) in [6.07, 6.45) is 25.0. The fraction of sp³-hybridized carbons (Fsp3) is 0.929. The van der Waals surface area contributed by atoms with Crippen molar-refractivity contribution in [3.8, 4) is 0 Å². The van der Waals surface area contributed by atoms with Gasteiger partial charge in [0.15, 0.2) is 0 Å². The van der Waals surface area contributed by atoms with Gasteiger partial charge in [-0.2, -0.15) is 0 Å². The zero-order valence-electron chi connectivity index (χ0n) is 21.9. The van der Waals surface area contributed by atoms with Crippen molar-refractivity contribution in [3.63, 3.8) is 0 Å². The van der Waals surface area contributed by atoms with E-state index in [4.69, 9.17) is 4.74 Å². The standard InChI is InChI=1S/C28H55NO3/c1-4-7-10-11-12-13-14-15-16-17-18-19-20-21-22-23-26-32-28(31)27(30)29(24-8-5-2)25-9-6-3/h4-26H2,1-3H3. The lowest BCUT2D eigenvalue weighted by Crippen LogP contribution is -2.39. The Bertz CT molecular complexity index is 417. The quantitative estimate of drug-likeness (QED) is 0.0889. The van der Waals surface area contributed by atoms with Crippen LogP contribution in [0.4, 0.5) is 0 Å². The van der Waals surface area contributed by atoms with E-state index in [9.17, 15) is 9.59 Å². The Kier molecular flexibility index (Phi) is 23.8. The lowest BCUT2D eigenvalue weighted by Gasteiger charge is -2.21. The molecule has 0 aromatic rings. The van der Waals surface area contributed by atoms with Crippen molar-refractivity contribution in [1.82, 2.24) is 4.90 Å². The molecule has 0 N–H and O–H groups in total. The first-order valence-corrected chi connectivity index (χ1v) is 14.1. The molecule has 0 rings (SSSR count). The third-order valence-electron chi connectivity index (χ3n) is 6.26. The van der Waals surface area contributed by atoms with Crippen molar-refractivity contribution >= 4 is 11.9 Å². The van der Waals surface area contributed by atoms with E-state index in [1.54, 1.807) is 4.90 Å². The Labute approximate surface area is 200 Å². The van der Waals surface area contributed by atoms with Crippen LogP contribution in [0.3, 0.4) is 0 Å². The Hall–Kier alpha value is -1.06. The van der Waals surface area contributed by atoms with Crippen molar-refractivity contribution in [1.29, 1.82) is 0 Å². The predicted octanol–water partition coefficient (Wildman–Crippen LogP) is 8.22. The van der Waals surface area contributed by atoms with Crippen LogP contribution in [0.2, 0.25) is 0 Å². The van der Waals surface area contributed by atoms with Crippen molar-refractivity contribution in [2.45, 2.75) is 149 Å². The molecule has 0 unspecified atom stereocenters. The summed E-state index contributed by atoms with van der Waals surface area (Å²) in [6.45, 7) is 8.15. The molecule has 0 aromatic carbocycles. The molecule has 0 spiro atoms. The molecule has 0 saturated carbocycles. The number of hydrogen-bond donors (Lipinski definition) is 0. The van der Waals surface area contributed by atoms with Gasteiger partial charge in [-0.3, -0.25) is 4.79 Å². The van der Waals surface area contributed by atoms with Crippen LogP contribution < -0.4 is 0 Å². The van der Waals surface area contributed by atoms with Crippen LogP contribution in [-0.2, 0) is 14.3 Å². The molecule has 0 heterocycles. The number of ether oxygens (including phenoxy) is 1. The highest BCUT2D eigenvalue weighted by atomic mass is 16.5. The van der Waals surface area contributed by atoms with Crippen molar-refractivity contribution in [2.24, 2.45) is 0 Å². The molecule has 0 fully saturated rings. The fourth-order valence-electron chi connectivity index (χ4n) is 4.02. The van der Waals surface area contributed by atoms with Gasteiger partial charge in [-0.05, 0) is 19.3 Å². The molecule has 0 aliphatic rings. The van der Waals surface area contributed by atoms with Gasteiger partial charge >= 0.3 is 11.9 Å². The van der Waals surface area contributed by atoms with E-state index in [1.165, 1.54) is 89.9 Å². The maximum absolute atomic E-state index is 12.3. The molecule has 0 aliphatic heterocycles. The summed E-state index contributed by atoms with van der Waals surface area (Å²) in [5, 5.41) is 0. The van der Waals surface area contributed by atoms with Gasteiger partial charge in [0, 0.05) is 13.1 Å². The number of unbranched alkanes of at least 4 members (excludes halogenated alkanes) is 17. The SMILES string of the molecule is CCCCCCCCCCCCCCCCCCOC(=O)C(=O)N(CCCC)CCCC. The van der Waals surface area contributed by atoms with Crippen molar-refractivity contribution in [2.75, 3.05) is 19.7 Å². The lowest BCUT2D eigenvalue weighted by molar-refractivity contribution is -0.160. The molecule has 0 radical (unpaired) electrons. The van der Waals surface area contributed by atoms with Crippen molar-refractivity contribution in [3.05, 3.63) is 0 Å². The highest BCUT2D eigenvalue weighted by molar-refractivity contribution is 6.32. The van der Waals surface area contributed by atoms with Crippen molar-refractivity contribution < 1.29 is 14.3 Å². The van der Waals surface area contributed by atoms with Crippen LogP contribution in [-0.4, -0.2) is 36.5 Å². The van der Waals surface area contributed by atoms with E-state index < -0.39 is 11.9 Å². The maximum atomic E-state index is 12.3. The van der Waals surface area contributed by atoms with Crippen LogP contribution in [0.5, 0.6) is 0 Å². The predicted molar refractivity (Wildman–Crippen MR) is 137 cm³/mol. The minimum Gasteiger partial charge on any atom is -0.459 e. The normalized spacial score (nSPS) is 11.0. The lowest BCUT2D eigenvalue weighted by atomic mass is 10.0. The second kappa shape index (κ2) is 24.6. The number of rotatable bonds is 23. The summed E-state index contributed by atoms with van der Waals surface area (Å²) in [4.78, 5) is 26.0. The third-order valence-corrected chi connectivity index (χ3v) is 6.26. The van der Waals surface area contributed by atoms with E-state index in [0.29, 0.717) is 19.7 Å². The first kappa shape index (κ1) is 30.9. The number of amides is 1. The molecule has 0 bridgehead atoms. The number of carbonyl (C=O) groups is 2. The minimum absolute atomic E-state index is 0.373. The molecule has 0 saturated heterocycles. The Morgan fingerprint density at radius 3 is 1.22 bits per heavy atom. The summed E-state index contributed by atoms with van der Waals surface area (Å²) in [6, 6.07) is 0. The van der Waals surface area contributed by atoms with Gasteiger partial charge in [0.1, 0.15) is 0 Å². The Morgan fingerprint density at radius 1 is 0.500 bits per heavy atom. The smallest absolute Gasteiger partial charge is 0.397 e. The first-order chi connectivity index (χ1) is 15.7. The Balaban J connectivity index is 3.51. The minimum atomic E-state index is -0.668. The third kappa shape index (κ3) is 19.6. The molecule has 0 aromatic heterocycles. The molecule has 0 aliphatic carbocycles. The molecule has 1 amide bonds. The number of hydrogen-bond acceptors (Lipinski definition) is 3. The number of nitrogens with zero attached hydrogens (tertiary/aromatic N) is 1. The van der Waals surface area contributed by atoms with Gasteiger partial charge < -0.3 is 9.64 Å². The van der Waals surface area contributed by atoms with E-state index in [1.807, 2.05) is 0 Å². The zero-order valence-corrected chi connectivity index (χ0v) is 21.9. The van der Waals surface area contributed by atoms with Gasteiger partial charge in [-0.25, -0.2) is 4.79 Å². The summed E-state index contributed by atoms with van der Waals surface area (Å²) in [5.74, 6) is -1.12. The molecule has 32 heavy (non-hydrogen) atoms. The highest BCUT2D eigenvalue weighted by Crippen LogP contribution is 2.13. The molecule has 190 valence electrons. The fourth-order valence-corrected chi connectivity index (χ4v) is 4.02.